The van der Waals surface area contributed by atoms with Crippen molar-refractivity contribution < 1.29 is 4.74 Å². The molecule has 0 radical (unpaired) electrons. The van der Waals surface area contributed by atoms with E-state index >= 15 is 0 Å². The van der Waals surface area contributed by atoms with E-state index in [1.165, 1.54) is 11.1 Å². The van der Waals surface area contributed by atoms with Gasteiger partial charge in [-0.2, -0.15) is 11.3 Å². The van der Waals surface area contributed by atoms with E-state index < -0.39 is 0 Å². The lowest BCUT2D eigenvalue weighted by Gasteiger charge is -2.11. The number of rotatable bonds is 4. The number of aryl methyl sites for hydroxylation is 1. The topological polar surface area (TPSA) is 21.3 Å². The normalized spacial score (nSPS) is 10.1. The van der Waals surface area contributed by atoms with Gasteiger partial charge in [-0.05, 0) is 47.0 Å². The Morgan fingerprint density at radius 3 is 2.88 bits per heavy atom. The monoisotopic (exact) mass is 233 g/mol. The SMILES string of the molecule is COc1ccc(C)cc1NCc1ccsc1. The molecule has 3 heteroatoms. The molecule has 16 heavy (non-hydrogen) atoms. The van der Waals surface area contributed by atoms with E-state index in [4.69, 9.17) is 4.74 Å². The van der Waals surface area contributed by atoms with Crippen LogP contribution in [-0.4, -0.2) is 7.11 Å². The minimum absolute atomic E-state index is 0.837. The van der Waals surface area contributed by atoms with E-state index in [9.17, 15) is 0 Å². The number of hydrogen-bond donors (Lipinski definition) is 1. The van der Waals surface area contributed by atoms with Crippen LogP contribution in [0.4, 0.5) is 5.69 Å². The molecule has 0 aliphatic carbocycles. The second-order valence-corrected chi connectivity index (χ2v) is 4.47. The highest BCUT2D eigenvalue weighted by atomic mass is 32.1. The van der Waals surface area contributed by atoms with Gasteiger partial charge in [-0.1, -0.05) is 6.07 Å². The first kappa shape index (κ1) is 11.0. The van der Waals surface area contributed by atoms with E-state index in [0.717, 1.165) is 18.0 Å². The fourth-order valence-electron chi connectivity index (χ4n) is 1.55. The number of methoxy groups -OCH3 is 1. The molecule has 0 saturated carbocycles. The molecule has 0 saturated heterocycles. The number of thiophene rings is 1. The average Bonchev–Trinajstić information content (AvgIpc) is 2.79. The first-order chi connectivity index (χ1) is 7.79. The van der Waals surface area contributed by atoms with Crippen LogP contribution < -0.4 is 10.1 Å². The third-order valence-electron chi connectivity index (χ3n) is 2.42. The lowest BCUT2D eigenvalue weighted by molar-refractivity contribution is 0.416. The molecule has 0 bridgehead atoms. The van der Waals surface area contributed by atoms with Crippen LogP contribution in [0.15, 0.2) is 35.0 Å². The molecule has 0 spiro atoms. The minimum atomic E-state index is 0.837. The van der Waals surface area contributed by atoms with Crippen molar-refractivity contribution >= 4 is 17.0 Å². The Balaban J connectivity index is 2.11. The average molecular weight is 233 g/mol. The predicted molar refractivity (Wildman–Crippen MR) is 69.4 cm³/mol. The first-order valence-corrected chi connectivity index (χ1v) is 6.13. The maximum Gasteiger partial charge on any atom is 0.141 e. The van der Waals surface area contributed by atoms with E-state index in [1.807, 2.05) is 6.07 Å². The molecule has 2 aromatic rings. The maximum absolute atomic E-state index is 5.31. The summed E-state index contributed by atoms with van der Waals surface area (Å²) >= 11 is 1.72. The Bertz CT molecular complexity index is 451. The third-order valence-corrected chi connectivity index (χ3v) is 3.15. The minimum Gasteiger partial charge on any atom is -0.495 e. The Labute approximate surface area is 99.9 Å². The Hall–Kier alpha value is -1.48. The molecule has 1 N–H and O–H groups in total. The molecule has 0 amide bonds. The van der Waals surface area contributed by atoms with Crippen LogP contribution in [0.1, 0.15) is 11.1 Å². The summed E-state index contributed by atoms with van der Waals surface area (Å²) in [7, 11) is 1.69. The van der Waals surface area contributed by atoms with Crippen molar-refractivity contribution in [1.82, 2.24) is 0 Å². The van der Waals surface area contributed by atoms with Crippen molar-refractivity contribution in [2.45, 2.75) is 13.5 Å². The standard InChI is InChI=1S/C13H15NOS/c1-10-3-4-13(15-2)12(7-10)14-8-11-5-6-16-9-11/h3-7,9,14H,8H2,1-2H3. The summed E-state index contributed by atoms with van der Waals surface area (Å²) in [5.74, 6) is 0.890. The van der Waals surface area contributed by atoms with E-state index in [1.54, 1.807) is 18.4 Å². The highest BCUT2D eigenvalue weighted by Crippen LogP contribution is 2.25. The molecule has 0 atom stereocenters. The van der Waals surface area contributed by atoms with Gasteiger partial charge in [0.15, 0.2) is 0 Å². The van der Waals surface area contributed by atoms with Gasteiger partial charge >= 0.3 is 0 Å². The third kappa shape index (κ3) is 2.55. The van der Waals surface area contributed by atoms with Gasteiger partial charge in [-0.15, -0.1) is 0 Å². The van der Waals surface area contributed by atoms with Crippen LogP contribution in [0.3, 0.4) is 0 Å². The number of ether oxygens (including phenoxy) is 1. The number of benzene rings is 1. The van der Waals surface area contributed by atoms with Crippen molar-refractivity contribution in [1.29, 1.82) is 0 Å². The summed E-state index contributed by atoms with van der Waals surface area (Å²) in [6.45, 7) is 2.92. The summed E-state index contributed by atoms with van der Waals surface area (Å²) in [6.07, 6.45) is 0. The number of nitrogens with one attached hydrogen (secondary N) is 1. The van der Waals surface area contributed by atoms with Gasteiger partial charge in [-0.3, -0.25) is 0 Å². The number of anilines is 1. The van der Waals surface area contributed by atoms with Crippen molar-refractivity contribution in [3.05, 3.63) is 46.2 Å². The molecule has 1 aromatic carbocycles. The molecule has 0 unspecified atom stereocenters. The first-order valence-electron chi connectivity index (χ1n) is 5.19. The van der Waals surface area contributed by atoms with Crippen LogP contribution in [0.25, 0.3) is 0 Å². The van der Waals surface area contributed by atoms with Gasteiger partial charge < -0.3 is 10.1 Å². The summed E-state index contributed by atoms with van der Waals surface area (Å²) < 4.78 is 5.31. The van der Waals surface area contributed by atoms with Gasteiger partial charge in [0.05, 0.1) is 12.8 Å². The molecule has 84 valence electrons. The highest BCUT2D eigenvalue weighted by molar-refractivity contribution is 7.07. The summed E-state index contributed by atoms with van der Waals surface area (Å²) in [6, 6.07) is 8.27. The molecular weight excluding hydrogens is 218 g/mol. The van der Waals surface area contributed by atoms with Gasteiger partial charge in [0.1, 0.15) is 5.75 Å². The largest absolute Gasteiger partial charge is 0.495 e. The fraction of sp³-hybridized carbons (Fsp3) is 0.231. The molecule has 1 aromatic heterocycles. The Morgan fingerprint density at radius 1 is 1.31 bits per heavy atom. The van der Waals surface area contributed by atoms with E-state index in [-0.39, 0.29) is 0 Å². The smallest absolute Gasteiger partial charge is 0.141 e. The van der Waals surface area contributed by atoms with E-state index in [0.29, 0.717) is 0 Å². The van der Waals surface area contributed by atoms with Crippen LogP contribution >= 0.6 is 11.3 Å². The predicted octanol–water partition coefficient (Wildman–Crippen LogP) is 3.68. The van der Waals surface area contributed by atoms with Gasteiger partial charge in [-0.25, -0.2) is 0 Å². The van der Waals surface area contributed by atoms with Crippen molar-refractivity contribution in [2.24, 2.45) is 0 Å². The van der Waals surface area contributed by atoms with Crippen molar-refractivity contribution in [3.8, 4) is 5.75 Å². The summed E-state index contributed by atoms with van der Waals surface area (Å²) in [4.78, 5) is 0. The fourth-order valence-corrected chi connectivity index (χ4v) is 2.22. The molecule has 2 rings (SSSR count). The van der Waals surface area contributed by atoms with Crippen LogP contribution in [0.5, 0.6) is 5.75 Å². The molecule has 0 aliphatic heterocycles. The molecule has 1 heterocycles. The zero-order chi connectivity index (χ0) is 11.4. The van der Waals surface area contributed by atoms with Crippen LogP contribution in [0.2, 0.25) is 0 Å². The van der Waals surface area contributed by atoms with Crippen LogP contribution in [-0.2, 0) is 6.54 Å². The molecule has 2 nitrogen and oxygen atoms in total. The second kappa shape index (κ2) is 5.03. The van der Waals surface area contributed by atoms with E-state index in [2.05, 4.69) is 41.2 Å². The maximum atomic E-state index is 5.31. The van der Waals surface area contributed by atoms with Crippen LogP contribution in [0, 0.1) is 6.92 Å². The summed E-state index contributed by atoms with van der Waals surface area (Å²) in [5, 5.41) is 7.62. The second-order valence-electron chi connectivity index (χ2n) is 3.69. The molecule has 0 fully saturated rings. The summed E-state index contributed by atoms with van der Waals surface area (Å²) in [5.41, 5.74) is 3.58. The Morgan fingerprint density at radius 2 is 2.19 bits per heavy atom. The van der Waals surface area contributed by atoms with Crippen molar-refractivity contribution in [2.75, 3.05) is 12.4 Å². The lowest BCUT2D eigenvalue weighted by atomic mass is 10.2. The van der Waals surface area contributed by atoms with Gasteiger partial charge in [0.2, 0.25) is 0 Å². The quantitative estimate of drug-likeness (QED) is 0.869. The van der Waals surface area contributed by atoms with Gasteiger partial charge in [0, 0.05) is 6.54 Å². The lowest BCUT2D eigenvalue weighted by Crippen LogP contribution is -2.00. The highest BCUT2D eigenvalue weighted by Gasteiger charge is 2.02. The van der Waals surface area contributed by atoms with Crippen molar-refractivity contribution in [3.63, 3.8) is 0 Å². The van der Waals surface area contributed by atoms with Gasteiger partial charge in [0.25, 0.3) is 0 Å². The number of hydrogen-bond acceptors (Lipinski definition) is 3. The Kier molecular flexibility index (Phi) is 3.47. The zero-order valence-electron chi connectivity index (χ0n) is 9.49. The zero-order valence-corrected chi connectivity index (χ0v) is 10.3. The molecule has 0 aliphatic rings. The molecular formula is C13H15NOS.